The molecule has 0 atom stereocenters. The summed E-state index contributed by atoms with van der Waals surface area (Å²) in [5.74, 6) is 1.11. The summed E-state index contributed by atoms with van der Waals surface area (Å²) in [6, 6.07) is 19.5. The summed E-state index contributed by atoms with van der Waals surface area (Å²) in [6.45, 7) is 2.13. The Morgan fingerprint density at radius 1 is 1.12 bits per heavy atom. The Labute approximate surface area is 165 Å². The molecule has 1 heterocycles. The second-order valence-electron chi connectivity index (χ2n) is 5.67. The number of hydrogen-bond acceptors (Lipinski definition) is 4. The fraction of sp³-hybridized carbons (Fsp3) is 0.100. The van der Waals surface area contributed by atoms with E-state index in [0.29, 0.717) is 5.76 Å². The molecule has 3 rings (SSSR count). The molecule has 2 N–H and O–H groups in total. The van der Waals surface area contributed by atoms with Crippen molar-refractivity contribution < 1.29 is 9.21 Å². The number of aryl methyl sites for hydroxylation is 1. The topological polar surface area (TPSA) is 66.6 Å². The molecule has 0 spiro atoms. The Bertz CT molecular complexity index is 917. The molecule has 0 aliphatic heterocycles. The number of carbonyl (C=O) groups excluding carboxylic acids is 1. The van der Waals surface area contributed by atoms with Gasteiger partial charge in [-0.1, -0.05) is 30.3 Å². The Balaban J connectivity index is 1.51. The number of para-hydroxylation sites is 1. The van der Waals surface area contributed by atoms with E-state index < -0.39 is 0 Å². The molecule has 0 saturated heterocycles. The van der Waals surface area contributed by atoms with E-state index in [9.17, 15) is 4.79 Å². The van der Waals surface area contributed by atoms with E-state index in [2.05, 4.69) is 38.4 Å². The quantitative estimate of drug-likeness (QED) is 0.326. The highest BCUT2D eigenvalue weighted by atomic mass is 127. The van der Waals surface area contributed by atoms with Crippen LogP contribution in [0.3, 0.4) is 0 Å². The molecular weight excluding hydrogens is 441 g/mol. The summed E-state index contributed by atoms with van der Waals surface area (Å²) in [7, 11) is 0. The van der Waals surface area contributed by atoms with Crippen molar-refractivity contribution in [2.24, 2.45) is 5.10 Å². The number of nitrogens with zero attached hydrogens (tertiary/aromatic N) is 1. The summed E-state index contributed by atoms with van der Waals surface area (Å²) in [4.78, 5) is 11.9. The van der Waals surface area contributed by atoms with Crippen molar-refractivity contribution in [3.63, 3.8) is 0 Å². The lowest BCUT2D eigenvalue weighted by molar-refractivity contribution is -0.119. The van der Waals surface area contributed by atoms with Gasteiger partial charge < -0.3 is 9.73 Å². The SMILES string of the molecule is Cc1ccccc1NCC(=O)N/N=C/c1ccc(-c2ccc(I)cc2)o1. The lowest BCUT2D eigenvalue weighted by Gasteiger charge is -2.07. The average molecular weight is 459 g/mol. The van der Waals surface area contributed by atoms with Crippen molar-refractivity contribution in [2.75, 3.05) is 11.9 Å². The summed E-state index contributed by atoms with van der Waals surface area (Å²) in [5, 5.41) is 7.02. The third-order valence-corrected chi connectivity index (χ3v) is 4.44. The van der Waals surface area contributed by atoms with Crippen molar-refractivity contribution in [1.82, 2.24) is 5.43 Å². The minimum atomic E-state index is -0.228. The van der Waals surface area contributed by atoms with Gasteiger partial charge in [0, 0.05) is 14.8 Å². The van der Waals surface area contributed by atoms with Crippen LogP contribution in [0.1, 0.15) is 11.3 Å². The third kappa shape index (κ3) is 4.95. The minimum Gasteiger partial charge on any atom is -0.455 e. The molecule has 1 amide bonds. The van der Waals surface area contributed by atoms with E-state index in [1.165, 1.54) is 9.78 Å². The van der Waals surface area contributed by atoms with Crippen molar-refractivity contribution in [2.45, 2.75) is 6.92 Å². The van der Waals surface area contributed by atoms with Gasteiger partial charge in [-0.05, 0) is 65.4 Å². The highest BCUT2D eigenvalue weighted by Gasteiger charge is 2.04. The second-order valence-corrected chi connectivity index (χ2v) is 6.92. The molecule has 0 fully saturated rings. The number of halogens is 1. The fourth-order valence-corrected chi connectivity index (χ4v) is 2.71. The van der Waals surface area contributed by atoms with Crippen LogP contribution in [0.5, 0.6) is 0 Å². The molecule has 132 valence electrons. The van der Waals surface area contributed by atoms with Crippen LogP contribution in [0.4, 0.5) is 5.69 Å². The van der Waals surface area contributed by atoms with Crippen molar-refractivity contribution in [3.05, 3.63) is 75.6 Å². The van der Waals surface area contributed by atoms with E-state index in [1.807, 2.05) is 67.6 Å². The lowest BCUT2D eigenvalue weighted by atomic mass is 10.2. The van der Waals surface area contributed by atoms with E-state index >= 15 is 0 Å². The number of rotatable bonds is 6. The number of carbonyl (C=O) groups is 1. The second kappa shape index (κ2) is 8.66. The van der Waals surface area contributed by atoms with Gasteiger partial charge in [-0.2, -0.15) is 5.10 Å². The fourth-order valence-electron chi connectivity index (χ4n) is 2.35. The summed E-state index contributed by atoms with van der Waals surface area (Å²) >= 11 is 2.26. The molecule has 26 heavy (non-hydrogen) atoms. The number of hydrazone groups is 1. The zero-order valence-electron chi connectivity index (χ0n) is 14.2. The molecule has 1 aromatic heterocycles. The lowest BCUT2D eigenvalue weighted by Crippen LogP contribution is -2.26. The Morgan fingerprint density at radius 2 is 1.88 bits per heavy atom. The van der Waals surface area contributed by atoms with Gasteiger partial charge in [0.15, 0.2) is 0 Å². The molecular formula is C20H18IN3O2. The normalized spacial score (nSPS) is 10.8. The van der Waals surface area contributed by atoms with E-state index in [0.717, 1.165) is 22.6 Å². The predicted octanol–water partition coefficient (Wildman–Crippen LogP) is 4.42. The monoisotopic (exact) mass is 459 g/mol. The van der Waals surface area contributed by atoms with Gasteiger partial charge in [0.05, 0.1) is 12.8 Å². The van der Waals surface area contributed by atoms with Crippen LogP contribution >= 0.6 is 22.6 Å². The zero-order valence-corrected chi connectivity index (χ0v) is 16.4. The van der Waals surface area contributed by atoms with Crippen LogP contribution < -0.4 is 10.7 Å². The first-order valence-electron chi connectivity index (χ1n) is 8.09. The van der Waals surface area contributed by atoms with Gasteiger partial charge in [0.2, 0.25) is 0 Å². The molecule has 0 aliphatic carbocycles. The van der Waals surface area contributed by atoms with E-state index in [4.69, 9.17) is 4.42 Å². The molecule has 5 nitrogen and oxygen atoms in total. The van der Waals surface area contributed by atoms with Crippen molar-refractivity contribution >= 4 is 40.4 Å². The predicted molar refractivity (Wildman–Crippen MR) is 112 cm³/mol. The maximum Gasteiger partial charge on any atom is 0.259 e. The van der Waals surface area contributed by atoms with Crippen LogP contribution in [0.2, 0.25) is 0 Å². The van der Waals surface area contributed by atoms with Gasteiger partial charge in [-0.15, -0.1) is 0 Å². The van der Waals surface area contributed by atoms with Crippen LogP contribution in [-0.2, 0) is 4.79 Å². The largest absolute Gasteiger partial charge is 0.455 e. The number of anilines is 1. The van der Waals surface area contributed by atoms with Crippen LogP contribution in [0.25, 0.3) is 11.3 Å². The first-order valence-corrected chi connectivity index (χ1v) is 9.17. The highest BCUT2D eigenvalue weighted by molar-refractivity contribution is 14.1. The number of hydrogen-bond donors (Lipinski definition) is 2. The summed E-state index contributed by atoms with van der Waals surface area (Å²) in [6.07, 6.45) is 1.49. The van der Waals surface area contributed by atoms with Gasteiger partial charge in [-0.25, -0.2) is 5.43 Å². The van der Waals surface area contributed by atoms with Crippen LogP contribution in [0.15, 0.2) is 70.2 Å². The summed E-state index contributed by atoms with van der Waals surface area (Å²) < 4.78 is 6.89. The number of nitrogens with one attached hydrogen (secondary N) is 2. The number of furan rings is 1. The maximum atomic E-state index is 11.9. The van der Waals surface area contributed by atoms with Crippen molar-refractivity contribution in [1.29, 1.82) is 0 Å². The Hall–Kier alpha value is -2.61. The van der Waals surface area contributed by atoms with E-state index in [-0.39, 0.29) is 12.5 Å². The molecule has 0 radical (unpaired) electrons. The molecule has 3 aromatic rings. The number of benzene rings is 2. The highest BCUT2D eigenvalue weighted by Crippen LogP contribution is 2.22. The van der Waals surface area contributed by atoms with E-state index in [1.54, 1.807) is 0 Å². The minimum absolute atomic E-state index is 0.147. The average Bonchev–Trinajstić information content (AvgIpc) is 3.10. The molecule has 0 aliphatic rings. The standard InChI is InChI=1S/C20H18IN3O2/c1-14-4-2-3-5-18(14)22-13-20(25)24-23-12-17-10-11-19(26-17)15-6-8-16(21)9-7-15/h2-12,22H,13H2,1H3,(H,24,25)/b23-12+. The molecule has 6 heteroatoms. The first-order chi connectivity index (χ1) is 12.6. The van der Waals surface area contributed by atoms with Crippen LogP contribution in [0, 0.1) is 10.5 Å². The first kappa shape index (κ1) is 18.2. The van der Waals surface area contributed by atoms with Gasteiger partial charge >= 0.3 is 0 Å². The molecule has 0 bridgehead atoms. The molecule has 0 saturated carbocycles. The molecule has 0 unspecified atom stereocenters. The Kier molecular flexibility index (Phi) is 6.06. The van der Waals surface area contributed by atoms with Gasteiger partial charge in [0.25, 0.3) is 5.91 Å². The third-order valence-electron chi connectivity index (χ3n) is 3.72. The maximum absolute atomic E-state index is 11.9. The molecule has 2 aromatic carbocycles. The number of amides is 1. The van der Waals surface area contributed by atoms with Crippen LogP contribution in [-0.4, -0.2) is 18.7 Å². The zero-order chi connectivity index (χ0) is 18.4. The summed E-state index contributed by atoms with van der Waals surface area (Å²) in [5.41, 5.74) is 5.50. The smallest absolute Gasteiger partial charge is 0.259 e. The van der Waals surface area contributed by atoms with Gasteiger partial charge in [0.1, 0.15) is 11.5 Å². The van der Waals surface area contributed by atoms with Crippen molar-refractivity contribution in [3.8, 4) is 11.3 Å². The Morgan fingerprint density at radius 3 is 2.65 bits per heavy atom. The van der Waals surface area contributed by atoms with Gasteiger partial charge in [-0.3, -0.25) is 4.79 Å².